The van der Waals surface area contributed by atoms with Crippen LogP contribution in [0.4, 0.5) is 5.69 Å². The third-order valence-electron chi connectivity index (χ3n) is 3.15. The third-order valence-corrected chi connectivity index (χ3v) is 3.15. The number of benzene rings is 2. The number of ether oxygens (including phenoxy) is 1. The predicted molar refractivity (Wildman–Crippen MR) is 86.1 cm³/mol. The standard InChI is InChI=1S/C18H16N2O3/c1-19-16-9-7-15(8-10-16)18(22)23-13-17(21)20-12-11-14-5-3-2-4-6-14/h2-10H,11-13H2,(H,20,21). The van der Waals surface area contributed by atoms with E-state index >= 15 is 0 Å². The maximum atomic E-state index is 11.8. The van der Waals surface area contributed by atoms with Crippen molar-refractivity contribution in [3.8, 4) is 0 Å². The Balaban J connectivity index is 1.71. The molecule has 0 saturated heterocycles. The van der Waals surface area contributed by atoms with Crippen molar-refractivity contribution in [2.45, 2.75) is 6.42 Å². The number of rotatable bonds is 6. The Kier molecular flexibility index (Phi) is 5.89. The van der Waals surface area contributed by atoms with Crippen molar-refractivity contribution in [2.75, 3.05) is 13.2 Å². The van der Waals surface area contributed by atoms with E-state index in [0.29, 0.717) is 17.8 Å². The topological polar surface area (TPSA) is 59.8 Å². The molecule has 2 rings (SSSR count). The second-order valence-electron chi connectivity index (χ2n) is 4.82. The van der Waals surface area contributed by atoms with Gasteiger partial charge in [-0.2, -0.15) is 0 Å². The monoisotopic (exact) mass is 308 g/mol. The summed E-state index contributed by atoms with van der Waals surface area (Å²) in [5.41, 5.74) is 1.89. The average molecular weight is 308 g/mol. The molecule has 0 aromatic heterocycles. The molecule has 116 valence electrons. The van der Waals surface area contributed by atoms with Gasteiger partial charge in [-0.15, -0.1) is 0 Å². The van der Waals surface area contributed by atoms with Crippen LogP contribution in [0.25, 0.3) is 4.85 Å². The zero-order chi connectivity index (χ0) is 16.5. The lowest BCUT2D eigenvalue weighted by Gasteiger charge is -2.07. The van der Waals surface area contributed by atoms with E-state index in [9.17, 15) is 9.59 Å². The molecule has 0 saturated carbocycles. The first kappa shape index (κ1) is 16.2. The van der Waals surface area contributed by atoms with Crippen LogP contribution in [0.15, 0.2) is 54.6 Å². The van der Waals surface area contributed by atoms with Gasteiger partial charge in [-0.05, 0) is 12.0 Å². The maximum Gasteiger partial charge on any atom is 0.338 e. The summed E-state index contributed by atoms with van der Waals surface area (Å²) < 4.78 is 4.94. The fourth-order valence-electron chi connectivity index (χ4n) is 1.93. The largest absolute Gasteiger partial charge is 0.452 e. The highest BCUT2D eigenvalue weighted by molar-refractivity contribution is 5.91. The summed E-state index contributed by atoms with van der Waals surface area (Å²) in [5.74, 6) is -0.924. The molecular formula is C18H16N2O3. The highest BCUT2D eigenvalue weighted by Crippen LogP contribution is 2.13. The van der Waals surface area contributed by atoms with Crippen LogP contribution in [-0.2, 0) is 16.0 Å². The van der Waals surface area contributed by atoms with Gasteiger partial charge in [0.1, 0.15) is 0 Å². The molecule has 0 radical (unpaired) electrons. The third kappa shape index (κ3) is 5.29. The van der Waals surface area contributed by atoms with Gasteiger partial charge < -0.3 is 10.1 Å². The second-order valence-corrected chi connectivity index (χ2v) is 4.82. The number of nitrogens with one attached hydrogen (secondary N) is 1. The van der Waals surface area contributed by atoms with Crippen LogP contribution in [0, 0.1) is 6.57 Å². The van der Waals surface area contributed by atoms with Crippen molar-refractivity contribution in [1.29, 1.82) is 0 Å². The van der Waals surface area contributed by atoms with Crippen molar-refractivity contribution < 1.29 is 14.3 Å². The van der Waals surface area contributed by atoms with E-state index in [-0.39, 0.29) is 12.5 Å². The first-order chi connectivity index (χ1) is 11.2. The minimum absolute atomic E-state index is 0.314. The number of hydrogen-bond acceptors (Lipinski definition) is 3. The quantitative estimate of drug-likeness (QED) is 0.659. The summed E-state index contributed by atoms with van der Waals surface area (Å²) >= 11 is 0. The van der Waals surface area contributed by atoms with Gasteiger partial charge >= 0.3 is 5.97 Å². The Morgan fingerprint density at radius 3 is 2.39 bits per heavy atom. The van der Waals surface area contributed by atoms with Crippen molar-refractivity contribution in [3.05, 3.63) is 77.1 Å². The Labute approximate surface area is 134 Å². The molecule has 0 heterocycles. The number of carbonyl (C=O) groups excluding carboxylic acids is 2. The smallest absolute Gasteiger partial charge is 0.338 e. The number of hydrogen-bond donors (Lipinski definition) is 1. The van der Waals surface area contributed by atoms with Crippen LogP contribution in [0.5, 0.6) is 0 Å². The SMILES string of the molecule is [C-]#[N+]c1ccc(C(=O)OCC(=O)NCCc2ccccc2)cc1. The van der Waals surface area contributed by atoms with E-state index in [2.05, 4.69) is 10.2 Å². The van der Waals surface area contributed by atoms with E-state index in [0.717, 1.165) is 12.0 Å². The molecule has 0 bridgehead atoms. The van der Waals surface area contributed by atoms with E-state index in [1.54, 1.807) is 0 Å². The Morgan fingerprint density at radius 2 is 1.74 bits per heavy atom. The second kappa shape index (κ2) is 8.35. The van der Waals surface area contributed by atoms with Crippen LogP contribution in [-0.4, -0.2) is 25.0 Å². The van der Waals surface area contributed by atoms with E-state index in [4.69, 9.17) is 11.3 Å². The summed E-state index contributed by atoms with van der Waals surface area (Å²) in [5, 5.41) is 2.70. The molecule has 1 N–H and O–H groups in total. The van der Waals surface area contributed by atoms with Crippen molar-refractivity contribution >= 4 is 17.6 Å². The lowest BCUT2D eigenvalue weighted by molar-refractivity contribution is -0.124. The molecule has 0 aliphatic heterocycles. The summed E-state index contributed by atoms with van der Waals surface area (Å²) in [6.45, 7) is 7.01. The summed E-state index contributed by atoms with van der Waals surface area (Å²) in [6.07, 6.45) is 0.721. The van der Waals surface area contributed by atoms with Crippen molar-refractivity contribution in [2.24, 2.45) is 0 Å². The minimum atomic E-state index is -0.584. The van der Waals surface area contributed by atoms with Gasteiger partial charge in [-0.25, -0.2) is 9.64 Å². The van der Waals surface area contributed by atoms with E-state index < -0.39 is 5.97 Å². The highest BCUT2D eigenvalue weighted by Gasteiger charge is 2.09. The zero-order valence-corrected chi connectivity index (χ0v) is 12.5. The van der Waals surface area contributed by atoms with Gasteiger partial charge in [0.25, 0.3) is 5.91 Å². The molecule has 0 unspecified atom stereocenters. The molecule has 23 heavy (non-hydrogen) atoms. The molecule has 0 fully saturated rings. The summed E-state index contributed by atoms with van der Waals surface area (Å²) in [7, 11) is 0. The lowest BCUT2D eigenvalue weighted by Crippen LogP contribution is -2.30. The molecule has 5 nitrogen and oxygen atoms in total. The van der Waals surface area contributed by atoms with Crippen LogP contribution >= 0.6 is 0 Å². The molecule has 0 atom stereocenters. The van der Waals surface area contributed by atoms with Gasteiger partial charge in [0.2, 0.25) is 0 Å². The minimum Gasteiger partial charge on any atom is -0.452 e. The average Bonchev–Trinajstić information content (AvgIpc) is 2.60. The van der Waals surface area contributed by atoms with Crippen LogP contribution in [0.1, 0.15) is 15.9 Å². The van der Waals surface area contributed by atoms with E-state index in [1.807, 2.05) is 30.3 Å². The number of nitrogens with zero attached hydrogens (tertiary/aromatic N) is 1. The Morgan fingerprint density at radius 1 is 1.04 bits per heavy atom. The maximum absolute atomic E-state index is 11.8. The molecule has 0 aliphatic carbocycles. The molecule has 0 aliphatic rings. The van der Waals surface area contributed by atoms with Gasteiger partial charge in [0, 0.05) is 6.54 Å². The molecular weight excluding hydrogens is 292 g/mol. The van der Waals surface area contributed by atoms with Crippen LogP contribution < -0.4 is 5.32 Å². The van der Waals surface area contributed by atoms with Crippen molar-refractivity contribution in [1.82, 2.24) is 5.32 Å². The fourth-order valence-corrected chi connectivity index (χ4v) is 1.93. The predicted octanol–water partition coefficient (Wildman–Crippen LogP) is 2.75. The normalized spacial score (nSPS) is 9.70. The van der Waals surface area contributed by atoms with Crippen LogP contribution in [0.3, 0.4) is 0 Å². The molecule has 5 heteroatoms. The lowest BCUT2D eigenvalue weighted by atomic mass is 10.1. The Bertz CT molecular complexity index is 703. The summed E-state index contributed by atoms with van der Waals surface area (Å²) in [4.78, 5) is 26.6. The van der Waals surface area contributed by atoms with Gasteiger partial charge in [-0.3, -0.25) is 4.79 Å². The van der Waals surface area contributed by atoms with Gasteiger partial charge in [0.15, 0.2) is 12.3 Å². The van der Waals surface area contributed by atoms with E-state index in [1.165, 1.54) is 24.3 Å². The first-order valence-electron chi connectivity index (χ1n) is 7.14. The highest BCUT2D eigenvalue weighted by atomic mass is 16.5. The van der Waals surface area contributed by atoms with Crippen LogP contribution in [0.2, 0.25) is 0 Å². The number of esters is 1. The first-order valence-corrected chi connectivity index (χ1v) is 7.14. The van der Waals surface area contributed by atoms with Gasteiger partial charge in [-0.1, -0.05) is 54.6 Å². The number of carbonyl (C=O) groups is 2. The molecule has 0 spiro atoms. The zero-order valence-electron chi connectivity index (χ0n) is 12.5. The summed E-state index contributed by atoms with van der Waals surface area (Å²) in [6, 6.07) is 15.9. The number of amides is 1. The van der Waals surface area contributed by atoms with Gasteiger partial charge in [0.05, 0.1) is 12.1 Å². The Hall–Kier alpha value is -3.13. The van der Waals surface area contributed by atoms with Crippen molar-refractivity contribution in [3.63, 3.8) is 0 Å². The fraction of sp³-hybridized carbons (Fsp3) is 0.167. The molecule has 2 aromatic rings. The molecule has 2 aromatic carbocycles. The molecule has 1 amide bonds.